The van der Waals surface area contributed by atoms with Crippen molar-refractivity contribution in [2.24, 2.45) is 0 Å². The van der Waals surface area contributed by atoms with Crippen LogP contribution >= 0.6 is 0 Å². The van der Waals surface area contributed by atoms with Crippen LogP contribution in [0.15, 0.2) is 18.2 Å². The van der Waals surface area contributed by atoms with E-state index in [4.69, 9.17) is 10.5 Å². The normalized spacial score (nSPS) is 10.5. The zero-order valence-electron chi connectivity index (χ0n) is 12.7. The highest BCUT2D eigenvalue weighted by atomic mass is 16.5. The second-order valence-corrected chi connectivity index (χ2v) is 4.96. The number of carbonyl (C=O) groups excluding carboxylic acids is 1. The lowest BCUT2D eigenvalue weighted by Gasteiger charge is -2.11. The Labute approximate surface area is 123 Å². The third-order valence-electron chi connectivity index (χ3n) is 3.54. The predicted octanol–water partition coefficient (Wildman–Crippen LogP) is 2.04. The maximum absolute atomic E-state index is 12.1. The largest absolute Gasteiger partial charge is 0.494 e. The molecule has 112 valence electrons. The molecule has 6 nitrogen and oxygen atoms in total. The van der Waals surface area contributed by atoms with Gasteiger partial charge in [-0.1, -0.05) is 0 Å². The molecule has 0 spiro atoms. The SMILES string of the molecule is COc1cc(N)ccc1NC(=O)Cn1nc(C)c(C)c1C. The highest BCUT2D eigenvalue weighted by Crippen LogP contribution is 2.26. The molecule has 1 heterocycles. The van der Waals surface area contributed by atoms with Crippen LogP contribution in [0.5, 0.6) is 5.75 Å². The number of hydrogen-bond acceptors (Lipinski definition) is 4. The minimum Gasteiger partial charge on any atom is -0.494 e. The monoisotopic (exact) mass is 288 g/mol. The number of amides is 1. The second-order valence-electron chi connectivity index (χ2n) is 4.96. The third-order valence-corrected chi connectivity index (χ3v) is 3.54. The molecule has 0 atom stereocenters. The Balaban J connectivity index is 2.13. The summed E-state index contributed by atoms with van der Waals surface area (Å²) in [4.78, 5) is 12.1. The first-order valence-corrected chi connectivity index (χ1v) is 6.66. The first-order chi connectivity index (χ1) is 9.92. The van der Waals surface area contributed by atoms with Crippen LogP contribution in [0.4, 0.5) is 11.4 Å². The minimum absolute atomic E-state index is 0.161. The molecule has 0 unspecified atom stereocenters. The van der Waals surface area contributed by atoms with Crippen molar-refractivity contribution < 1.29 is 9.53 Å². The number of ether oxygens (including phenoxy) is 1. The lowest BCUT2D eigenvalue weighted by Crippen LogP contribution is -2.20. The van der Waals surface area contributed by atoms with E-state index in [0.29, 0.717) is 17.1 Å². The smallest absolute Gasteiger partial charge is 0.246 e. The van der Waals surface area contributed by atoms with E-state index >= 15 is 0 Å². The number of carbonyl (C=O) groups is 1. The van der Waals surface area contributed by atoms with Crippen LogP contribution in [0, 0.1) is 20.8 Å². The summed E-state index contributed by atoms with van der Waals surface area (Å²) in [5, 5.41) is 7.17. The molecule has 0 aliphatic heterocycles. The van der Waals surface area contributed by atoms with Crippen LogP contribution in [-0.2, 0) is 11.3 Å². The fourth-order valence-electron chi connectivity index (χ4n) is 2.08. The van der Waals surface area contributed by atoms with E-state index in [1.165, 1.54) is 7.11 Å². The van der Waals surface area contributed by atoms with Gasteiger partial charge in [0.2, 0.25) is 5.91 Å². The highest BCUT2D eigenvalue weighted by Gasteiger charge is 2.12. The Morgan fingerprint density at radius 3 is 2.67 bits per heavy atom. The molecule has 2 aromatic rings. The molecule has 0 bridgehead atoms. The second kappa shape index (κ2) is 5.87. The van der Waals surface area contributed by atoms with Gasteiger partial charge in [-0.3, -0.25) is 9.48 Å². The van der Waals surface area contributed by atoms with Crippen molar-refractivity contribution in [3.05, 3.63) is 35.2 Å². The number of nitrogens with one attached hydrogen (secondary N) is 1. The number of hydrogen-bond donors (Lipinski definition) is 2. The third kappa shape index (κ3) is 3.16. The van der Waals surface area contributed by atoms with E-state index in [0.717, 1.165) is 17.0 Å². The molecule has 2 rings (SSSR count). The zero-order chi connectivity index (χ0) is 15.6. The van der Waals surface area contributed by atoms with Crippen molar-refractivity contribution in [2.45, 2.75) is 27.3 Å². The van der Waals surface area contributed by atoms with Gasteiger partial charge in [0.25, 0.3) is 0 Å². The van der Waals surface area contributed by atoms with Gasteiger partial charge in [-0.2, -0.15) is 5.10 Å². The van der Waals surface area contributed by atoms with E-state index in [9.17, 15) is 4.79 Å². The Bertz CT molecular complexity index is 677. The van der Waals surface area contributed by atoms with E-state index in [1.54, 1.807) is 22.9 Å². The van der Waals surface area contributed by atoms with Crippen LogP contribution in [-0.4, -0.2) is 22.8 Å². The van der Waals surface area contributed by atoms with Gasteiger partial charge in [0.1, 0.15) is 12.3 Å². The number of rotatable bonds is 4. The van der Waals surface area contributed by atoms with Crippen LogP contribution in [0.3, 0.4) is 0 Å². The number of nitrogens with zero attached hydrogens (tertiary/aromatic N) is 2. The summed E-state index contributed by atoms with van der Waals surface area (Å²) >= 11 is 0. The summed E-state index contributed by atoms with van der Waals surface area (Å²) in [5.41, 5.74) is 9.90. The van der Waals surface area contributed by atoms with Gasteiger partial charge in [0.15, 0.2) is 0 Å². The number of methoxy groups -OCH3 is 1. The molecular formula is C15H20N4O2. The molecule has 1 amide bonds. The van der Waals surface area contributed by atoms with Crippen LogP contribution in [0.2, 0.25) is 0 Å². The number of anilines is 2. The van der Waals surface area contributed by atoms with Gasteiger partial charge in [-0.15, -0.1) is 0 Å². The summed E-state index contributed by atoms with van der Waals surface area (Å²) in [6.07, 6.45) is 0. The molecule has 3 N–H and O–H groups in total. The standard InChI is InChI=1S/C15H20N4O2/c1-9-10(2)18-19(11(9)3)8-15(20)17-13-6-5-12(16)7-14(13)21-4/h5-7H,8,16H2,1-4H3,(H,17,20). The Morgan fingerprint density at radius 1 is 1.38 bits per heavy atom. The fourth-order valence-corrected chi connectivity index (χ4v) is 2.08. The topological polar surface area (TPSA) is 82.2 Å². The number of nitrogen functional groups attached to an aromatic ring is 1. The van der Waals surface area contributed by atoms with Gasteiger partial charge in [0.05, 0.1) is 18.5 Å². The summed E-state index contributed by atoms with van der Waals surface area (Å²) in [6, 6.07) is 5.10. The first-order valence-electron chi connectivity index (χ1n) is 6.66. The fraction of sp³-hybridized carbons (Fsp3) is 0.333. The maximum atomic E-state index is 12.1. The molecular weight excluding hydrogens is 268 g/mol. The van der Waals surface area contributed by atoms with Gasteiger partial charge in [-0.25, -0.2) is 0 Å². The van der Waals surface area contributed by atoms with Gasteiger partial charge in [0, 0.05) is 17.4 Å². The number of benzene rings is 1. The summed E-state index contributed by atoms with van der Waals surface area (Å²) in [7, 11) is 1.54. The van der Waals surface area contributed by atoms with Crippen molar-refractivity contribution in [1.29, 1.82) is 0 Å². The van der Waals surface area contributed by atoms with E-state index < -0.39 is 0 Å². The first kappa shape index (κ1) is 14.9. The van der Waals surface area contributed by atoms with Crippen LogP contribution < -0.4 is 15.8 Å². The van der Waals surface area contributed by atoms with Crippen molar-refractivity contribution >= 4 is 17.3 Å². The van der Waals surface area contributed by atoms with Crippen molar-refractivity contribution in [3.63, 3.8) is 0 Å². The maximum Gasteiger partial charge on any atom is 0.246 e. The van der Waals surface area contributed by atoms with Crippen LogP contribution in [0.25, 0.3) is 0 Å². The van der Waals surface area contributed by atoms with Crippen molar-refractivity contribution in [1.82, 2.24) is 9.78 Å². The Kier molecular flexibility index (Phi) is 4.16. The molecule has 0 aliphatic carbocycles. The van der Waals surface area contributed by atoms with Gasteiger partial charge < -0.3 is 15.8 Å². The van der Waals surface area contributed by atoms with E-state index in [2.05, 4.69) is 10.4 Å². The number of aryl methyl sites for hydroxylation is 1. The quantitative estimate of drug-likeness (QED) is 0.843. The average molecular weight is 288 g/mol. The minimum atomic E-state index is -0.163. The molecule has 1 aromatic carbocycles. The zero-order valence-corrected chi connectivity index (χ0v) is 12.7. The Hall–Kier alpha value is -2.50. The van der Waals surface area contributed by atoms with Crippen molar-refractivity contribution in [2.75, 3.05) is 18.2 Å². The lowest BCUT2D eigenvalue weighted by molar-refractivity contribution is -0.116. The number of aromatic nitrogens is 2. The molecule has 1 aromatic heterocycles. The molecule has 0 fully saturated rings. The molecule has 0 aliphatic rings. The molecule has 0 radical (unpaired) electrons. The molecule has 0 saturated carbocycles. The average Bonchev–Trinajstić information content (AvgIpc) is 2.68. The van der Waals surface area contributed by atoms with Gasteiger partial charge in [-0.05, 0) is 38.5 Å². The highest BCUT2D eigenvalue weighted by molar-refractivity contribution is 5.92. The summed E-state index contributed by atoms with van der Waals surface area (Å²) < 4.78 is 6.91. The lowest BCUT2D eigenvalue weighted by atomic mass is 10.2. The van der Waals surface area contributed by atoms with Crippen LogP contribution in [0.1, 0.15) is 17.0 Å². The molecule has 0 saturated heterocycles. The van der Waals surface area contributed by atoms with Crippen molar-refractivity contribution in [3.8, 4) is 5.75 Å². The summed E-state index contributed by atoms with van der Waals surface area (Å²) in [5.74, 6) is 0.372. The molecule has 6 heteroatoms. The number of nitrogens with two attached hydrogens (primary N) is 1. The predicted molar refractivity (Wildman–Crippen MR) is 82.5 cm³/mol. The molecule has 21 heavy (non-hydrogen) atoms. The Morgan fingerprint density at radius 2 is 2.10 bits per heavy atom. The van der Waals surface area contributed by atoms with Gasteiger partial charge >= 0.3 is 0 Å². The van der Waals surface area contributed by atoms with E-state index in [1.807, 2.05) is 20.8 Å². The van der Waals surface area contributed by atoms with E-state index in [-0.39, 0.29) is 12.5 Å². The summed E-state index contributed by atoms with van der Waals surface area (Å²) in [6.45, 7) is 6.04.